The topological polar surface area (TPSA) is 86.5 Å². The molecule has 0 aliphatic heterocycles. The highest BCUT2D eigenvalue weighted by Gasteiger charge is 2.15. The van der Waals surface area contributed by atoms with Gasteiger partial charge in [0.05, 0.1) is 11.2 Å². The van der Waals surface area contributed by atoms with Crippen LogP contribution in [0.25, 0.3) is 17.4 Å². The van der Waals surface area contributed by atoms with Gasteiger partial charge in [-0.25, -0.2) is 0 Å². The number of nitro groups is 1. The molecular weight excluding hydrogens is 334 g/mol. The number of allylic oxidation sites excluding steroid dienone is 1. The predicted molar refractivity (Wildman–Crippen MR) is 87.9 cm³/mol. The van der Waals surface area contributed by atoms with Crippen molar-refractivity contribution in [3.05, 3.63) is 81.5 Å². The first-order chi connectivity index (χ1) is 11.5. The zero-order chi connectivity index (χ0) is 17.1. The molecule has 0 saturated carbocycles. The summed E-state index contributed by atoms with van der Waals surface area (Å²) in [7, 11) is 0. The Morgan fingerprint density at radius 2 is 2.04 bits per heavy atom. The number of hydrogen-bond acceptors (Lipinski definition) is 5. The highest BCUT2D eigenvalue weighted by Crippen LogP contribution is 2.31. The van der Waals surface area contributed by atoms with Crippen LogP contribution in [0.2, 0.25) is 5.02 Å². The van der Waals surface area contributed by atoms with Crippen LogP contribution >= 0.6 is 11.6 Å². The summed E-state index contributed by atoms with van der Waals surface area (Å²) in [6, 6.07) is 10.9. The molecule has 0 bridgehead atoms. The molecule has 1 aromatic carbocycles. The van der Waals surface area contributed by atoms with Crippen molar-refractivity contribution < 1.29 is 18.6 Å². The van der Waals surface area contributed by atoms with E-state index < -0.39 is 4.92 Å². The van der Waals surface area contributed by atoms with Gasteiger partial charge in [-0.05, 0) is 48.6 Å². The zero-order valence-corrected chi connectivity index (χ0v) is 12.9. The average Bonchev–Trinajstić information content (AvgIpc) is 3.24. The Kier molecular flexibility index (Phi) is 4.31. The Hall–Kier alpha value is -3.12. The Morgan fingerprint density at radius 3 is 2.75 bits per heavy atom. The SMILES string of the molecule is O=C(/C=C/c1ccc(-c2ccc(Cl)c([N+](=O)[O-])c2)o1)c1ccco1. The third kappa shape index (κ3) is 3.28. The van der Waals surface area contributed by atoms with Crippen LogP contribution in [0.5, 0.6) is 0 Å². The van der Waals surface area contributed by atoms with Gasteiger partial charge in [-0.3, -0.25) is 14.9 Å². The summed E-state index contributed by atoms with van der Waals surface area (Å²) in [6.45, 7) is 0. The first kappa shape index (κ1) is 15.8. The highest BCUT2D eigenvalue weighted by atomic mass is 35.5. The first-order valence-corrected chi connectivity index (χ1v) is 7.22. The maximum Gasteiger partial charge on any atom is 0.288 e. The molecule has 3 aromatic rings. The number of rotatable bonds is 5. The molecule has 6 nitrogen and oxygen atoms in total. The second kappa shape index (κ2) is 6.55. The molecule has 0 spiro atoms. The van der Waals surface area contributed by atoms with Gasteiger partial charge in [-0.15, -0.1) is 0 Å². The van der Waals surface area contributed by atoms with Crippen LogP contribution in [-0.4, -0.2) is 10.7 Å². The fraction of sp³-hybridized carbons (Fsp3) is 0. The fourth-order valence-electron chi connectivity index (χ4n) is 2.06. The number of carbonyl (C=O) groups excluding carboxylic acids is 1. The van der Waals surface area contributed by atoms with Gasteiger partial charge in [0.1, 0.15) is 16.5 Å². The lowest BCUT2D eigenvalue weighted by atomic mass is 10.1. The Balaban J connectivity index is 1.82. The van der Waals surface area contributed by atoms with E-state index in [0.717, 1.165) is 0 Å². The summed E-state index contributed by atoms with van der Waals surface area (Å²) < 4.78 is 10.6. The second-order valence-electron chi connectivity index (χ2n) is 4.80. The number of hydrogen-bond donors (Lipinski definition) is 0. The van der Waals surface area contributed by atoms with E-state index in [2.05, 4.69) is 0 Å². The summed E-state index contributed by atoms with van der Waals surface area (Å²) in [4.78, 5) is 22.2. The Labute approximate surface area is 141 Å². The molecule has 0 N–H and O–H groups in total. The van der Waals surface area contributed by atoms with Gasteiger partial charge in [0.2, 0.25) is 5.78 Å². The van der Waals surface area contributed by atoms with Crippen LogP contribution < -0.4 is 0 Å². The second-order valence-corrected chi connectivity index (χ2v) is 5.21. The molecule has 0 saturated heterocycles. The van der Waals surface area contributed by atoms with E-state index in [1.165, 1.54) is 30.5 Å². The minimum absolute atomic E-state index is 0.0551. The third-order valence-electron chi connectivity index (χ3n) is 3.22. The number of nitro benzene ring substituents is 1. The van der Waals surface area contributed by atoms with Crippen LogP contribution in [0.3, 0.4) is 0 Å². The van der Waals surface area contributed by atoms with Crippen molar-refractivity contribution in [3.8, 4) is 11.3 Å². The average molecular weight is 344 g/mol. The van der Waals surface area contributed by atoms with Crippen molar-refractivity contribution in [2.75, 3.05) is 0 Å². The van der Waals surface area contributed by atoms with E-state index in [4.69, 9.17) is 20.4 Å². The molecule has 2 heterocycles. The fourth-order valence-corrected chi connectivity index (χ4v) is 2.25. The molecule has 0 aliphatic carbocycles. The van der Waals surface area contributed by atoms with Crippen molar-refractivity contribution >= 4 is 29.1 Å². The summed E-state index contributed by atoms with van der Waals surface area (Å²) >= 11 is 5.79. The number of benzene rings is 1. The van der Waals surface area contributed by atoms with Crippen LogP contribution in [-0.2, 0) is 0 Å². The van der Waals surface area contributed by atoms with Gasteiger partial charge in [0.15, 0.2) is 5.76 Å². The molecule has 2 aromatic heterocycles. The van der Waals surface area contributed by atoms with Gasteiger partial charge < -0.3 is 8.83 Å². The Bertz CT molecular complexity index is 924. The number of carbonyl (C=O) groups is 1. The largest absolute Gasteiger partial charge is 0.461 e. The van der Waals surface area contributed by atoms with E-state index >= 15 is 0 Å². The smallest absolute Gasteiger partial charge is 0.288 e. The van der Waals surface area contributed by atoms with E-state index in [-0.39, 0.29) is 22.3 Å². The molecule has 0 fully saturated rings. The van der Waals surface area contributed by atoms with E-state index in [1.54, 1.807) is 30.3 Å². The van der Waals surface area contributed by atoms with E-state index in [0.29, 0.717) is 17.1 Å². The normalized spacial score (nSPS) is 11.0. The number of nitrogens with zero attached hydrogens (tertiary/aromatic N) is 1. The van der Waals surface area contributed by atoms with Crippen molar-refractivity contribution in [2.45, 2.75) is 0 Å². The molecule has 0 aliphatic rings. The summed E-state index contributed by atoms with van der Waals surface area (Å²) in [5, 5.41) is 11.0. The predicted octanol–water partition coefficient (Wildman–Crippen LogP) is 5.00. The molecule has 3 rings (SSSR count). The number of halogens is 1. The first-order valence-electron chi connectivity index (χ1n) is 6.84. The van der Waals surface area contributed by atoms with Crippen molar-refractivity contribution in [3.63, 3.8) is 0 Å². The summed E-state index contributed by atoms with van der Waals surface area (Å²) in [5.41, 5.74) is 0.318. The lowest BCUT2D eigenvalue weighted by molar-refractivity contribution is -0.384. The van der Waals surface area contributed by atoms with E-state index in [1.807, 2.05) is 0 Å². The Morgan fingerprint density at radius 1 is 1.21 bits per heavy atom. The molecule has 0 radical (unpaired) electrons. The minimum Gasteiger partial charge on any atom is -0.461 e. The molecule has 0 amide bonds. The van der Waals surface area contributed by atoms with Crippen molar-refractivity contribution in [1.29, 1.82) is 0 Å². The van der Waals surface area contributed by atoms with Crippen molar-refractivity contribution in [1.82, 2.24) is 0 Å². The number of ketones is 1. The highest BCUT2D eigenvalue weighted by molar-refractivity contribution is 6.32. The summed E-state index contributed by atoms with van der Waals surface area (Å²) in [5.74, 6) is 0.800. The van der Waals surface area contributed by atoms with Gasteiger partial charge in [0, 0.05) is 11.6 Å². The lowest BCUT2D eigenvalue weighted by Crippen LogP contribution is -1.90. The molecular formula is C17H10ClNO5. The molecule has 120 valence electrons. The minimum atomic E-state index is -0.558. The lowest BCUT2D eigenvalue weighted by Gasteiger charge is -1.99. The maximum atomic E-state index is 11.8. The molecule has 24 heavy (non-hydrogen) atoms. The third-order valence-corrected chi connectivity index (χ3v) is 3.54. The van der Waals surface area contributed by atoms with Crippen LogP contribution in [0.1, 0.15) is 16.3 Å². The van der Waals surface area contributed by atoms with Gasteiger partial charge >= 0.3 is 0 Å². The zero-order valence-electron chi connectivity index (χ0n) is 12.1. The van der Waals surface area contributed by atoms with Crippen LogP contribution in [0.4, 0.5) is 5.69 Å². The molecule has 0 atom stereocenters. The standard InChI is InChI=1S/C17H10ClNO5/c18-13-6-3-11(10-14(13)19(21)22)16-8-5-12(24-16)4-7-15(20)17-2-1-9-23-17/h1-10H/b7-4+. The van der Waals surface area contributed by atoms with Gasteiger partial charge in [0.25, 0.3) is 5.69 Å². The summed E-state index contributed by atoms with van der Waals surface area (Å²) in [6.07, 6.45) is 4.24. The quantitative estimate of drug-likeness (QED) is 0.281. The van der Waals surface area contributed by atoms with Crippen LogP contribution in [0, 0.1) is 10.1 Å². The maximum absolute atomic E-state index is 11.8. The number of furan rings is 2. The van der Waals surface area contributed by atoms with E-state index in [9.17, 15) is 14.9 Å². The molecule has 7 heteroatoms. The van der Waals surface area contributed by atoms with Crippen molar-refractivity contribution in [2.24, 2.45) is 0 Å². The van der Waals surface area contributed by atoms with Crippen LogP contribution in [0.15, 0.2) is 63.6 Å². The van der Waals surface area contributed by atoms with Gasteiger partial charge in [-0.2, -0.15) is 0 Å². The molecule has 0 unspecified atom stereocenters. The monoisotopic (exact) mass is 343 g/mol. The van der Waals surface area contributed by atoms with Gasteiger partial charge in [-0.1, -0.05) is 11.6 Å².